The fourth-order valence-electron chi connectivity index (χ4n) is 4.48. The van der Waals surface area contributed by atoms with Crippen LogP contribution in [0.25, 0.3) is 0 Å². The van der Waals surface area contributed by atoms with Crippen molar-refractivity contribution in [2.45, 2.75) is 103 Å². The number of aliphatic hydroxyl groups excluding tert-OH is 3. The van der Waals surface area contributed by atoms with E-state index in [9.17, 15) is 54.0 Å². The molecule has 282 valence electrons. The summed E-state index contributed by atoms with van der Waals surface area (Å²) in [7, 11) is 0. The molecule has 0 saturated heterocycles. The van der Waals surface area contributed by atoms with Crippen LogP contribution in [0.3, 0.4) is 0 Å². The van der Waals surface area contributed by atoms with Gasteiger partial charge in [0.1, 0.15) is 35.4 Å². The SMILES string of the molecule is CC(C)=C(NC(=O)C(CC(C)C)NC(=O)C1CCC=NN1C(=O)C(NC(=O)C(C)NC(=O)C(N)(CO)CO)C(C)N)C(=O)NC(CO)C(=O)O. The predicted molar refractivity (Wildman–Crippen MR) is 177 cm³/mol. The summed E-state index contributed by atoms with van der Waals surface area (Å²) in [5.41, 5.74) is 9.61. The zero-order chi connectivity index (χ0) is 38.5. The summed E-state index contributed by atoms with van der Waals surface area (Å²) in [6, 6.07) is -7.91. The van der Waals surface area contributed by atoms with Crippen molar-refractivity contribution in [2.24, 2.45) is 22.5 Å². The number of carbonyl (C=O) groups excluding carboxylic acids is 6. The summed E-state index contributed by atoms with van der Waals surface area (Å²) in [5.74, 6) is -7.01. The van der Waals surface area contributed by atoms with Gasteiger partial charge in [-0.3, -0.25) is 28.8 Å². The molecule has 0 aromatic rings. The maximum atomic E-state index is 13.7. The van der Waals surface area contributed by atoms with Crippen molar-refractivity contribution < 1.29 is 54.0 Å². The molecule has 0 fully saturated rings. The lowest BCUT2D eigenvalue weighted by Gasteiger charge is -2.34. The minimum Gasteiger partial charge on any atom is -0.480 e. The number of carbonyl (C=O) groups is 7. The van der Waals surface area contributed by atoms with Crippen molar-refractivity contribution in [1.82, 2.24) is 31.6 Å². The number of carboxylic acids is 1. The first-order valence-electron chi connectivity index (χ1n) is 15.9. The summed E-state index contributed by atoms with van der Waals surface area (Å²) in [5, 5.41) is 53.9. The number of aliphatic carboxylic acids is 1. The van der Waals surface area contributed by atoms with Gasteiger partial charge in [0.15, 0.2) is 6.04 Å². The summed E-state index contributed by atoms with van der Waals surface area (Å²) in [4.78, 5) is 90.2. The number of allylic oxidation sites excluding steroid dienone is 1. The van der Waals surface area contributed by atoms with Gasteiger partial charge < -0.3 is 58.5 Å². The highest BCUT2D eigenvalue weighted by Crippen LogP contribution is 2.17. The first-order chi connectivity index (χ1) is 23.2. The normalized spacial score (nSPS) is 17.4. The molecule has 6 unspecified atom stereocenters. The number of hydrazone groups is 1. The molecule has 0 bridgehead atoms. The van der Waals surface area contributed by atoms with Crippen molar-refractivity contribution in [2.75, 3.05) is 19.8 Å². The Labute approximate surface area is 289 Å². The van der Waals surface area contributed by atoms with E-state index in [4.69, 9.17) is 11.5 Å². The van der Waals surface area contributed by atoms with E-state index in [1.807, 2.05) is 0 Å². The van der Waals surface area contributed by atoms with Crippen LogP contribution in [-0.2, 0) is 33.6 Å². The second-order valence-electron chi connectivity index (χ2n) is 12.7. The second kappa shape index (κ2) is 19.6. The highest BCUT2D eigenvalue weighted by Gasteiger charge is 2.40. The van der Waals surface area contributed by atoms with E-state index in [1.165, 1.54) is 33.9 Å². The maximum Gasteiger partial charge on any atom is 0.328 e. The minimum absolute atomic E-state index is 0.0729. The van der Waals surface area contributed by atoms with Gasteiger partial charge in [-0.1, -0.05) is 13.8 Å². The van der Waals surface area contributed by atoms with Gasteiger partial charge in [-0.2, -0.15) is 5.10 Å². The standard InChI is InChI=1S/C30H51N9O11/c1-14(2)10-18(24(44)37-21(15(3)4)26(46)36-19(11-40)28(48)49)35-25(45)20-8-7-9-33-39(20)27(47)22(16(5)31)38-23(43)17(6)34-29(50)30(32,12-41)13-42/h9,14,16-20,22,40-42H,7-8,10-13,31-32H2,1-6H3,(H,34,50)(H,35,45)(H,36,46)(H,37,44)(H,38,43)(H,48,49). The Morgan fingerprint density at radius 3 is 2.00 bits per heavy atom. The topological polar surface area (TPSA) is 328 Å². The molecule has 1 aliphatic heterocycles. The monoisotopic (exact) mass is 713 g/mol. The zero-order valence-electron chi connectivity index (χ0n) is 29.1. The van der Waals surface area contributed by atoms with E-state index >= 15 is 0 Å². The Morgan fingerprint density at radius 1 is 0.920 bits per heavy atom. The minimum atomic E-state index is -2.07. The first kappa shape index (κ1) is 43.5. The van der Waals surface area contributed by atoms with Gasteiger partial charge in [-0.15, -0.1) is 0 Å². The molecule has 1 heterocycles. The third-order valence-corrected chi connectivity index (χ3v) is 7.55. The molecule has 20 heteroatoms. The van der Waals surface area contributed by atoms with Crippen molar-refractivity contribution in [3.8, 4) is 0 Å². The Kier molecular flexibility index (Phi) is 17.1. The molecular formula is C30H51N9O11. The van der Waals surface area contributed by atoms with Gasteiger partial charge in [0, 0.05) is 12.3 Å². The highest BCUT2D eigenvalue weighted by molar-refractivity contribution is 6.02. The molecule has 0 spiro atoms. The molecule has 1 aliphatic rings. The van der Waals surface area contributed by atoms with E-state index in [0.717, 1.165) is 5.01 Å². The Bertz CT molecular complexity index is 1330. The predicted octanol–water partition coefficient (Wildman–Crippen LogP) is -4.52. The van der Waals surface area contributed by atoms with Gasteiger partial charge >= 0.3 is 5.97 Å². The van der Waals surface area contributed by atoms with Crippen LogP contribution >= 0.6 is 0 Å². The number of amides is 6. The first-order valence-corrected chi connectivity index (χ1v) is 15.9. The average Bonchev–Trinajstić information content (AvgIpc) is 3.06. The Hall–Kier alpha value is -4.50. The molecule has 50 heavy (non-hydrogen) atoms. The zero-order valence-corrected chi connectivity index (χ0v) is 29.1. The van der Waals surface area contributed by atoms with Gasteiger partial charge in [0.05, 0.1) is 19.8 Å². The smallest absolute Gasteiger partial charge is 0.328 e. The van der Waals surface area contributed by atoms with Gasteiger partial charge in [-0.05, 0) is 58.4 Å². The van der Waals surface area contributed by atoms with E-state index in [-0.39, 0.29) is 30.9 Å². The van der Waals surface area contributed by atoms with E-state index in [0.29, 0.717) is 5.57 Å². The van der Waals surface area contributed by atoms with E-state index < -0.39 is 103 Å². The van der Waals surface area contributed by atoms with Gasteiger partial charge in [-0.25, -0.2) is 9.80 Å². The number of nitrogens with two attached hydrogens (primary N) is 2. The molecule has 6 amide bonds. The van der Waals surface area contributed by atoms with Crippen LogP contribution in [0, 0.1) is 5.92 Å². The molecule has 0 aromatic heterocycles. The Morgan fingerprint density at radius 2 is 1.52 bits per heavy atom. The molecular weight excluding hydrogens is 662 g/mol. The molecule has 0 aromatic carbocycles. The molecule has 6 atom stereocenters. The summed E-state index contributed by atoms with van der Waals surface area (Å²) in [6.45, 7) is 6.49. The number of hydrogen-bond acceptors (Lipinski definition) is 13. The van der Waals surface area contributed by atoms with Gasteiger partial charge in [0.2, 0.25) is 23.6 Å². The number of hydrogen-bond donors (Lipinski definition) is 11. The molecule has 13 N–H and O–H groups in total. The average molecular weight is 714 g/mol. The van der Waals surface area contributed by atoms with E-state index in [2.05, 4.69) is 31.7 Å². The molecule has 20 nitrogen and oxygen atoms in total. The van der Waals surface area contributed by atoms with E-state index in [1.54, 1.807) is 13.8 Å². The van der Waals surface area contributed by atoms with Crippen molar-refractivity contribution in [3.05, 3.63) is 11.3 Å². The van der Waals surface area contributed by atoms with Crippen molar-refractivity contribution in [1.29, 1.82) is 0 Å². The molecule has 0 aliphatic carbocycles. The van der Waals surface area contributed by atoms with Crippen LogP contribution in [0.4, 0.5) is 0 Å². The van der Waals surface area contributed by atoms with Crippen molar-refractivity contribution >= 4 is 47.6 Å². The highest BCUT2D eigenvalue weighted by atomic mass is 16.4. The summed E-state index contributed by atoms with van der Waals surface area (Å²) < 4.78 is 0. The fraction of sp³-hybridized carbons (Fsp3) is 0.667. The third-order valence-electron chi connectivity index (χ3n) is 7.55. The lowest BCUT2D eigenvalue weighted by atomic mass is 10.0. The van der Waals surface area contributed by atoms with Gasteiger partial charge in [0.25, 0.3) is 11.8 Å². The number of carboxylic acid groups (broad SMARTS) is 1. The van der Waals surface area contributed by atoms with Crippen LogP contribution in [0.15, 0.2) is 16.4 Å². The largest absolute Gasteiger partial charge is 0.480 e. The molecule has 0 saturated carbocycles. The van der Waals surface area contributed by atoms with Crippen LogP contribution in [0.5, 0.6) is 0 Å². The van der Waals surface area contributed by atoms with Crippen LogP contribution in [0.1, 0.15) is 60.8 Å². The second-order valence-corrected chi connectivity index (χ2v) is 12.7. The van der Waals surface area contributed by atoms with Crippen molar-refractivity contribution in [3.63, 3.8) is 0 Å². The quantitative estimate of drug-likeness (QED) is 0.0597. The third kappa shape index (κ3) is 12.1. The summed E-state index contributed by atoms with van der Waals surface area (Å²) >= 11 is 0. The number of aliphatic hydroxyl groups is 3. The lowest BCUT2D eigenvalue weighted by Crippen LogP contribution is -2.64. The lowest BCUT2D eigenvalue weighted by molar-refractivity contribution is -0.145. The Balaban J connectivity index is 3.22. The van der Waals surface area contributed by atoms with Crippen LogP contribution in [0.2, 0.25) is 0 Å². The maximum absolute atomic E-state index is 13.7. The molecule has 1 rings (SSSR count). The van der Waals surface area contributed by atoms with Crippen LogP contribution < -0.4 is 38.1 Å². The number of nitrogens with one attached hydrogen (secondary N) is 5. The number of nitrogens with zero attached hydrogens (tertiary/aromatic N) is 2. The number of rotatable bonds is 18. The fourth-order valence-corrected chi connectivity index (χ4v) is 4.48. The van der Waals surface area contributed by atoms with Crippen LogP contribution in [-0.4, -0.2) is 135 Å². The summed E-state index contributed by atoms with van der Waals surface area (Å²) in [6.07, 6.45) is 1.81. The molecule has 0 radical (unpaired) electrons.